The number of imidazole rings is 1. The number of H-pyrrole nitrogens is 1. The second-order valence-corrected chi connectivity index (χ2v) is 6.52. The van der Waals surface area contributed by atoms with Crippen LogP contribution >= 0.6 is 11.8 Å². The molecule has 0 unspecified atom stereocenters. The number of hydrogen-bond acceptors (Lipinski definition) is 3. The van der Waals surface area contributed by atoms with E-state index in [2.05, 4.69) is 15.3 Å². The predicted molar refractivity (Wildman–Crippen MR) is 94.5 cm³/mol. The van der Waals surface area contributed by atoms with Crippen LogP contribution in [-0.4, -0.2) is 28.2 Å². The van der Waals surface area contributed by atoms with Gasteiger partial charge in [-0.05, 0) is 36.4 Å². The molecule has 0 saturated carbocycles. The number of carbonyl (C=O) groups excluding carboxylic acids is 1. The van der Waals surface area contributed by atoms with E-state index in [1.807, 2.05) is 24.3 Å². The maximum Gasteiger partial charge on any atom is 0.220 e. The number of carbonyl (C=O) groups is 1. The number of benzene rings is 2. The molecule has 2 N–H and O–H groups in total. The Balaban J connectivity index is 1.37. The van der Waals surface area contributed by atoms with Gasteiger partial charge in [0.2, 0.25) is 5.91 Å². The highest BCUT2D eigenvalue weighted by Crippen LogP contribution is 2.18. The van der Waals surface area contributed by atoms with E-state index in [1.54, 1.807) is 23.9 Å². The Hall–Kier alpha value is -2.34. The number of para-hydroxylation sites is 2. The van der Waals surface area contributed by atoms with Crippen molar-refractivity contribution in [1.29, 1.82) is 0 Å². The minimum absolute atomic E-state index is 0.0146. The average Bonchev–Trinajstić information content (AvgIpc) is 2.99. The molecule has 3 aromatic rings. The molecule has 0 aliphatic heterocycles. The summed E-state index contributed by atoms with van der Waals surface area (Å²) < 4.78 is 12.8. The third-order valence-electron chi connectivity index (χ3n) is 3.53. The molecule has 0 aliphatic carbocycles. The van der Waals surface area contributed by atoms with Crippen molar-refractivity contribution < 1.29 is 9.18 Å². The second-order valence-electron chi connectivity index (χ2n) is 5.35. The van der Waals surface area contributed by atoms with Crippen LogP contribution in [-0.2, 0) is 11.2 Å². The Bertz CT molecular complexity index is 784. The summed E-state index contributed by atoms with van der Waals surface area (Å²) in [4.78, 5) is 20.5. The van der Waals surface area contributed by atoms with Crippen LogP contribution in [0, 0.1) is 5.82 Å². The number of halogens is 1. The average molecular weight is 343 g/mol. The van der Waals surface area contributed by atoms with E-state index in [4.69, 9.17) is 0 Å². The number of fused-ring (bicyclic) bond motifs is 1. The van der Waals surface area contributed by atoms with Crippen LogP contribution in [0.4, 0.5) is 4.39 Å². The fraction of sp³-hybridized carbons (Fsp3) is 0.222. The molecular formula is C18H18FN3OS. The Morgan fingerprint density at radius 1 is 1.17 bits per heavy atom. The summed E-state index contributed by atoms with van der Waals surface area (Å²) in [7, 11) is 0. The lowest BCUT2D eigenvalue weighted by Crippen LogP contribution is -2.26. The van der Waals surface area contributed by atoms with Crippen molar-refractivity contribution >= 4 is 28.7 Å². The number of nitrogens with zero attached hydrogens (tertiary/aromatic N) is 1. The molecule has 6 heteroatoms. The lowest BCUT2D eigenvalue weighted by Gasteiger charge is -2.04. The van der Waals surface area contributed by atoms with E-state index >= 15 is 0 Å². The summed E-state index contributed by atoms with van der Waals surface area (Å²) in [6.45, 7) is 0.555. The molecule has 24 heavy (non-hydrogen) atoms. The summed E-state index contributed by atoms with van der Waals surface area (Å²) in [5.41, 5.74) is 1.95. The monoisotopic (exact) mass is 343 g/mol. The quantitative estimate of drug-likeness (QED) is 0.645. The highest BCUT2D eigenvalue weighted by molar-refractivity contribution is 7.99. The van der Waals surface area contributed by atoms with Crippen LogP contribution in [0.5, 0.6) is 0 Å². The number of thioether (sulfide) groups is 1. The first-order chi connectivity index (χ1) is 11.7. The Morgan fingerprint density at radius 2 is 1.96 bits per heavy atom. The number of aromatic nitrogens is 2. The van der Waals surface area contributed by atoms with Gasteiger partial charge in [-0.3, -0.25) is 4.79 Å². The van der Waals surface area contributed by atoms with Crippen molar-refractivity contribution in [2.45, 2.75) is 17.7 Å². The zero-order valence-corrected chi connectivity index (χ0v) is 13.9. The molecule has 1 aromatic heterocycles. The van der Waals surface area contributed by atoms with Gasteiger partial charge in [0.1, 0.15) is 11.6 Å². The highest BCUT2D eigenvalue weighted by atomic mass is 32.2. The van der Waals surface area contributed by atoms with Crippen molar-refractivity contribution in [3.05, 3.63) is 60.2 Å². The van der Waals surface area contributed by atoms with Gasteiger partial charge < -0.3 is 10.3 Å². The number of amides is 1. The number of aromatic amines is 1. The van der Waals surface area contributed by atoms with Crippen molar-refractivity contribution in [3.63, 3.8) is 0 Å². The van der Waals surface area contributed by atoms with Gasteiger partial charge in [0.05, 0.1) is 11.0 Å². The van der Waals surface area contributed by atoms with Gasteiger partial charge in [-0.1, -0.05) is 12.1 Å². The first-order valence-corrected chi connectivity index (χ1v) is 8.78. The van der Waals surface area contributed by atoms with Crippen LogP contribution in [0.1, 0.15) is 12.2 Å². The maximum atomic E-state index is 12.8. The fourth-order valence-corrected chi connectivity index (χ4v) is 3.18. The second kappa shape index (κ2) is 7.97. The van der Waals surface area contributed by atoms with Gasteiger partial charge in [-0.25, -0.2) is 9.37 Å². The third kappa shape index (κ3) is 4.58. The topological polar surface area (TPSA) is 57.8 Å². The van der Waals surface area contributed by atoms with E-state index in [1.165, 1.54) is 12.1 Å². The normalized spacial score (nSPS) is 10.9. The smallest absolute Gasteiger partial charge is 0.220 e. The fourth-order valence-electron chi connectivity index (χ4n) is 2.33. The lowest BCUT2D eigenvalue weighted by molar-refractivity contribution is -0.120. The zero-order valence-electron chi connectivity index (χ0n) is 13.1. The number of hydrogen-bond donors (Lipinski definition) is 2. The minimum Gasteiger partial charge on any atom is -0.356 e. The molecule has 0 radical (unpaired) electrons. The van der Waals surface area contributed by atoms with E-state index in [0.29, 0.717) is 25.1 Å². The van der Waals surface area contributed by atoms with Crippen LogP contribution in [0.15, 0.2) is 53.4 Å². The van der Waals surface area contributed by atoms with Gasteiger partial charge in [0.15, 0.2) is 0 Å². The molecule has 0 saturated heterocycles. The Kier molecular flexibility index (Phi) is 5.48. The zero-order chi connectivity index (χ0) is 16.8. The van der Waals surface area contributed by atoms with Crippen molar-refractivity contribution in [2.75, 3.05) is 12.3 Å². The van der Waals surface area contributed by atoms with Crippen molar-refractivity contribution in [3.8, 4) is 0 Å². The summed E-state index contributed by atoms with van der Waals surface area (Å²) >= 11 is 1.54. The standard InChI is InChI=1S/C18H18FN3OS/c19-13-5-7-14(8-6-13)24-12-10-18(23)20-11-9-17-21-15-3-1-2-4-16(15)22-17/h1-8H,9-12H2,(H,20,23)(H,21,22). The molecular weight excluding hydrogens is 325 g/mol. The van der Waals surface area contributed by atoms with Gasteiger partial charge >= 0.3 is 0 Å². The molecule has 0 fully saturated rings. The SMILES string of the molecule is O=C(CCSc1ccc(F)cc1)NCCc1nc2ccccc2[nH]1. The van der Waals surface area contributed by atoms with Gasteiger partial charge in [0.25, 0.3) is 0 Å². The van der Waals surface area contributed by atoms with E-state index in [-0.39, 0.29) is 11.7 Å². The van der Waals surface area contributed by atoms with Gasteiger partial charge in [-0.15, -0.1) is 11.8 Å². The van der Waals surface area contributed by atoms with Gasteiger partial charge in [-0.2, -0.15) is 0 Å². The van der Waals surface area contributed by atoms with Crippen LogP contribution in [0.2, 0.25) is 0 Å². The summed E-state index contributed by atoms with van der Waals surface area (Å²) in [5.74, 6) is 1.31. The molecule has 124 valence electrons. The molecule has 2 aromatic carbocycles. The van der Waals surface area contributed by atoms with Crippen LogP contribution in [0.3, 0.4) is 0 Å². The molecule has 0 bridgehead atoms. The highest BCUT2D eigenvalue weighted by Gasteiger charge is 2.05. The van der Waals surface area contributed by atoms with E-state index in [9.17, 15) is 9.18 Å². The maximum absolute atomic E-state index is 12.8. The summed E-state index contributed by atoms with van der Waals surface area (Å²) in [5, 5.41) is 2.90. The largest absolute Gasteiger partial charge is 0.356 e. The summed E-state index contributed by atoms with van der Waals surface area (Å²) in [6, 6.07) is 14.2. The molecule has 1 amide bonds. The first kappa shape index (κ1) is 16.5. The molecule has 0 aliphatic rings. The molecule has 4 nitrogen and oxygen atoms in total. The van der Waals surface area contributed by atoms with E-state index < -0.39 is 0 Å². The predicted octanol–water partition coefficient (Wildman–Crippen LogP) is 3.54. The molecule has 0 atom stereocenters. The summed E-state index contributed by atoms with van der Waals surface area (Å²) in [6.07, 6.45) is 1.10. The van der Waals surface area contributed by atoms with Crippen molar-refractivity contribution in [2.24, 2.45) is 0 Å². The van der Waals surface area contributed by atoms with Crippen LogP contribution in [0.25, 0.3) is 11.0 Å². The Morgan fingerprint density at radius 3 is 2.75 bits per heavy atom. The Labute approximate surface area is 143 Å². The third-order valence-corrected chi connectivity index (χ3v) is 4.55. The lowest BCUT2D eigenvalue weighted by atomic mass is 10.3. The first-order valence-electron chi connectivity index (χ1n) is 7.79. The van der Waals surface area contributed by atoms with E-state index in [0.717, 1.165) is 21.8 Å². The molecule has 1 heterocycles. The number of nitrogens with one attached hydrogen (secondary N) is 2. The molecule has 0 spiro atoms. The van der Waals surface area contributed by atoms with Gasteiger partial charge in [0, 0.05) is 30.0 Å². The molecule has 3 rings (SSSR count). The van der Waals surface area contributed by atoms with Crippen molar-refractivity contribution in [1.82, 2.24) is 15.3 Å². The van der Waals surface area contributed by atoms with Crippen LogP contribution < -0.4 is 5.32 Å². The number of rotatable bonds is 7. The minimum atomic E-state index is -0.248.